The van der Waals surface area contributed by atoms with Crippen LogP contribution < -0.4 is 5.32 Å². The van der Waals surface area contributed by atoms with Gasteiger partial charge in [0, 0.05) is 31.8 Å². The normalized spacial score (nSPS) is 9.81. The number of aliphatic hydroxyl groups is 1. The fourth-order valence-electron chi connectivity index (χ4n) is 1.74. The van der Waals surface area contributed by atoms with Crippen molar-refractivity contribution in [3.63, 3.8) is 0 Å². The Bertz CT molecular complexity index is 663. The Balaban J connectivity index is 1.89. The zero-order valence-electron chi connectivity index (χ0n) is 11.8. The summed E-state index contributed by atoms with van der Waals surface area (Å²) in [6.07, 6.45) is 2.21. The Morgan fingerprint density at radius 3 is 2.71 bits per heavy atom. The molecule has 108 valence electrons. The molecule has 0 saturated heterocycles. The van der Waals surface area contributed by atoms with Crippen molar-refractivity contribution in [1.82, 2.24) is 15.1 Å². The van der Waals surface area contributed by atoms with E-state index in [2.05, 4.69) is 22.3 Å². The highest BCUT2D eigenvalue weighted by molar-refractivity contribution is 5.92. The average molecular weight is 283 g/mol. The lowest BCUT2D eigenvalue weighted by atomic mass is 10.1. The van der Waals surface area contributed by atoms with E-state index in [1.165, 1.54) is 0 Å². The first kappa shape index (κ1) is 14.8. The van der Waals surface area contributed by atoms with E-state index >= 15 is 0 Å². The van der Waals surface area contributed by atoms with E-state index in [1.54, 1.807) is 24.0 Å². The van der Waals surface area contributed by atoms with Gasteiger partial charge in [-0.15, -0.1) is 0 Å². The summed E-state index contributed by atoms with van der Waals surface area (Å²) in [5.41, 5.74) is 2.29. The first-order valence-corrected chi connectivity index (χ1v) is 6.65. The topological polar surface area (TPSA) is 67.2 Å². The number of benzene rings is 1. The number of aryl methyl sites for hydroxylation is 1. The molecule has 1 aromatic heterocycles. The predicted octanol–water partition coefficient (Wildman–Crippen LogP) is 1.08. The Labute approximate surface area is 123 Å². The molecule has 0 aliphatic carbocycles. The maximum Gasteiger partial charge on any atom is 0.272 e. The molecule has 0 fully saturated rings. The molecule has 1 heterocycles. The third-order valence-corrected chi connectivity index (χ3v) is 2.82. The summed E-state index contributed by atoms with van der Waals surface area (Å²) in [5, 5.41) is 15.5. The van der Waals surface area contributed by atoms with Gasteiger partial charge in [-0.05, 0) is 23.8 Å². The molecule has 0 saturated carbocycles. The number of aromatic nitrogens is 2. The second kappa shape index (κ2) is 7.27. The van der Waals surface area contributed by atoms with Crippen molar-refractivity contribution in [2.24, 2.45) is 7.05 Å². The zero-order chi connectivity index (χ0) is 15.1. The van der Waals surface area contributed by atoms with Gasteiger partial charge in [0.1, 0.15) is 5.69 Å². The highest BCUT2D eigenvalue weighted by atomic mass is 16.2. The van der Waals surface area contributed by atoms with Crippen LogP contribution in [0.1, 0.15) is 28.0 Å². The molecule has 0 radical (unpaired) electrons. The van der Waals surface area contributed by atoms with Gasteiger partial charge in [0.15, 0.2) is 0 Å². The van der Waals surface area contributed by atoms with Crippen LogP contribution in [0.5, 0.6) is 0 Å². The molecule has 0 aliphatic heterocycles. The molecule has 1 aromatic carbocycles. The number of nitrogens with zero attached hydrogens (tertiary/aromatic N) is 2. The second-order valence-corrected chi connectivity index (χ2v) is 4.53. The van der Waals surface area contributed by atoms with Gasteiger partial charge >= 0.3 is 0 Å². The molecule has 0 bridgehead atoms. The summed E-state index contributed by atoms with van der Waals surface area (Å²) in [5.74, 6) is 5.63. The predicted molar refractivity (Wildman–Crippen MR) is 79.4 cm³/mol. The number of carbonyl (C=O) groups is 1. The lowest BCUT2D eigenvalue weighted by Gasteiger charge is -2.03. The third kappa shape index (κ3) is 4.48. The first-order chi connectivity index (χ1) is 10.2. The summed E-state index contributed by atoms with van der Waals surface area (Å²) in [7, 11) is 1.77. The van der Waals surface area contributed by atoms with Crippen LogP contribution in [-0.2, 0) is 13.6 Å². The minimum atomic E-state index is -0.192. The van der Waals surface area contributed by atoms with Crippen molar-refractivity contribution in [3.05, 3.63) is 53.3 Å². The maximum atomic E-state index is 11.8. The molecule has 2 aromatic rings. The minimum absolute atomic E-state index is 0.0740. The van der Waals surface area contributed by atoms with Crippen LogP contribution in [0.15, 0.2) is 36.5 Å². The van der Waals surface area contributed by atoms with Gasteiger partial charge in [-0.3, -0.25) is 9.48 Å². The Hall–Kier alpha value is -2.58. The summed E-state index contributed by atoms with van der Waals surface area (Å²) in [6, 6.07) is 9.30. The largest absolute Gasteiger partial charge is 0.395 e. The number of aliphatic hydroxyl groups excluding tert-OH is 1. The summed E-state index contributed by atoms with van der Waals surface area (Å²) in [6.45, 7) is 0.518. The van der Waals surface area contributed by atoms with Gasteiger partial charge in [0.2, 0.25) is 0 Å². The van der Waals surface area contributed by atoms with Crippen LogP contribution in [0.4, 0.5) is 0 Å². The molecule has 5 heteroatoms. The minimum Gasteiger partial charge on any atom is -0.395 e. The van der Waals surface area contributed by atoms with Crippen LogP contribution >= 0.6 is 0 Å². The van der Waals surface area contributed by atoms with Crippen LogP contribution in [0.3, 0.4) is 0 Å². The smallest absolute Gasteiger partial charge is 0.272 e. The maximum absolute atomic E-state index is 11.8. The molecule has 0 aliphatic rings. The van der Waals surface area contributed by atoms with Crippen molar-refractivity contribution in [2.45, 2.75) is 13.0 Å². The van der Waals surface area contributed by atoms with Crippen LogP contribution in [0, 0.1) is 11.8 Å². The molecule has 2 N–H and O–H groups in total. The molecule has 21 heavy (non-hydrogen) atoms. The number of nitrogens with one attached hydrogen (secondary N) is 1. The molecule has 2 rings (SSSR count). The molecular formula is C16H17N3O2. The van der Waals surface area contributed by atoms with E-state index in [9.17, 15) is 4.79 Å². The Kier molecular flexibility index (Phi) is 5.13. The summed E-state index contributed by atoms with van der Waals surface area (Å²) < 4.78 is 1.59. The quantitative estimate of drug-likeness (QED) is 0.825. The highest BCUT2D eigenvalue weighted by Crippen LogP contribution is 2.04. The number of rotatable bonds is 4. The van der Waals surface area contributed by atoms with Crippen molar-refractivity contribution in [1.29, 1.82) is 0 Å². The molecular weight excluding hydrogens is 266 g/mol. The Morgan fingerprint density at radius 1 is 1.33 bits per heavy atom. The summed E-state index contributed by atoms with van der Waals surface area (Å²) >= 11 is 0. The van der Waals surface area contributed by atoms with Crippen molar-refractivity contribution >= 4 is 5.91 Å². The van der Waals surface area contributed by atoms with Gasteiger partial charge in [-0.25, -0.2) is 0 Å². The van der Waals surface area contributed by atoms with Crippen LogP contribution in [-0.4, -0.2) is 27.4 Å². The van der Waals surface area contributed by atoms with Crippen molar-refractivity contribution < 1.29 is 9.90 Å². The van der Waals surface area contributed by atoms with E-state index < -0.39 is 0 Å². The SMILES string of the molecule is Cn1ccc(C(=O)NCc2ccc(C#CCCO)cc2)n1. The Morgan fingerprint density at radius 2 is 2.10 bits per heavy atom. The van der Waals surface area contributed by atoms with Crippen molar-refractivity contribution in [3.8, 4) is 11.8 Å². The third-order valence-electron chi connectivity index (χ3n) is 2.82. The lowest BCUT2D eigenvalue weighted by Crippen LogP contribution is -2.23. The zero-order valence-corrected chi connectivity index (χ0v) is 11.8. The van der Waals surface area contributed by atoms with E-state index in [4.69, 9.17) is 5.11 Å². The number of carbonyl (C=O) groups excluding carboxylic acids is 1. The molecule has 5 nitrogen and oxygen atoms in total. The molecule has 0 unspecified atom stereocenters. The first-order valence-electron chi connectivity index (χ1n) is 6.65. The van der Waals surface area contributed by atoms with E-state index in [0.29, 0.717) is 18.7 Å². The molecule has 1 amide bonds. The van der Waals surface area contributed by atoms with Gasteiger partial charge in [-0.2, -0.15) is 5.10 Å². The van der Waals surface area contributed by atoms with Crippen LogP contribution in [0.25, 0.3) is 0 Å². The number of hydrogen-bond donors (Lipinski definition) is 2. The lowest BCUT2D eigenvalue weighted by molar-refractivity contribution is 0.0945. The second-order valence-electron chi connectivity index (χ2n) is 4.53. The number of hydrogen-bond acceptors (Lipinski definition) is 3. The molecule has 0 atom stereocenters. The summed E-state index contributed by atoms with van der Waals surface area (Å²) in [4.78, 5) is 11.8. The fourth-order valence-corrected chi connectivity index (χ4v) is 1.74. The monoisotopic (exact) mass is 283 g/mol. The standard InChI is InChI=1S/C16H17N3O2/c1-19-10-9-15(18-19)16(21)17-12-14-7-5-13(6-8-14)4-2-3-11-20/h5-10,20H,3,11-12H2,1H3,(H,17,21). The molecule has 0 spiro atoms. The number of amides is 1. The van der Waals surface area contributed by atoms with Gasteiger partial charge in [-0.1, -0.05) is 24.0 Å². The van der Waals surface area contributed by atoms with E-state index in [1.807, 2.05) is 24.3 Å². The van der Waals surface area contributed by atoms with Gasteiger partial charge in [0.05, 0.1) is 6.61 Å². The highest BCUT2D eigenvalue weighted by Gasteiger charge is 2.07. The van der Waals surface area contributed by atoms with E-state index in [-0.39, 0.29) is 12.5 Å². The van der Waals surface area contributed by atoms with Crippen molar-refractivity contribution in [2.75, 3.05) is 6.61 Å². The van der Waals surface area contributed by atoms with Crippen LogP contribution in [0.2, 0.25) is 0 Å². The van der Waals surface area contributed by atoms with Gasteiger partial charge < -0.3 is 10.4 Å². The fraction of sp³-hybridized carbons (Fsp3) is 0.250. The van der Waals surface area contributed by atoms with Gasteiger partial charge in [0.25, 0.3) is 5.91 Å². The van der Waals surface area contributed by atoms with E-state index in [0.717, 1.165) is 11.1 Å². The average Bonchev–Trinajstić information content (AvgIpc) is 2.93.